The van der Waals surface area contributed by atoms with Crippen LogP contribution in [0.1, 0.15) is 10.6 Å². The minimum Gasteiger partial charge on any atom is -0.459 e. The lowest BCUT2D eigenvalue weighted by Gasteiger charge is -2.10. The first-order chi connectivity index (χ1) is 13.4. The fourth-order valence-corrected chi connectivity index (χ4v) is 2.24. The number of alkyl halides is 2. The highest BCUT2D eigenvalue weighted by Gasteiger charge is 2.19. The number of nitrogens with zero attached hydrogens (tertiary/aromatic N) is 1. The lowest BCUT2D eigenvalue weighted by atomic mass is 10.2. The predicted octanol–water partition coefficient (Wildman–Crippen LogP) is 4.83. The van der Waals surface area contributed by atoms with Gasteiger partial charge >= 0.3 is 12.3 Å². The number of amides is 1. The maximum absolute atomic E-state index is 12.4. The van der Waals surface area contributed by atoms with E-state index in [1.807, 2.05) is 0 Å². The number of carbonyl (C=O) groups is 1. The standard InChI is InChI=1S/C18H12F2N2O6/c19-18(20)28-16-10-13(7-8-14(16)22(24)25)27-12-5-3-11(4-6-12)21-17(23)15-2-1-9-26-15/h1-10,18H,(H,21,23). The Bertz CT molecular complexity index is 974. The van der Waals surface area contributed by atoms with Gasteiger partial charge in [-0.05, 0) is 42.5 Å². The number of nitro groups is 1. The normalized spacial score (nSPS) is 10.5. The van der Waals surface area contributed by atoms with Crippen molar-refractivity contribution in [1.29, 1.82) is 0 Å². The quantitative estimate of drug-likeness (QED) is 0.458. The van der Waals surface area contributed by atoms with Crippen LogP contribution >= 0.6 is 0 Å². The molecule has 1 aromatic heterocycles. The molecule has 28 heavy (non-hydrogen) atoms. The third kappa shape index (κ3) is 4.61. The first kappa shape index (κ1) is 18.8. The molecule has 0 radical (unpaired) electrons. The number of hydrogen-bond donors (Lipinski definition) is 1. The molecule has 0 aliphatic carbocycles. The van der Waals surface area contributed by atoms with Gasteiger partial charge < -0.3 is 19.2 Å². The Hall–Kier alpha value is -3.95. The van der Waals surface area contributed by atoms with Crippen LogP contribution in [0.2, 0.25) is 0 Å². The number of rotatable bonds is 7. The molecule has 0 spiro atoms. The zero-order valence-corrected chi connectivity index (χ0v) is 14.0. The monoisotopic (exact) mass is 390 g/mol. The Morgan fingerprint density at radius 2 is 1.82 bits per heavy atom. The van der Waals surface area contributed by atoms with Crippen LogP contribution in [0.5, 0.6) is 17.2 Å². The van der Waals surface area contributed by atoms with Gasteiger partial charge in [-0.25, -0.2) is 0 Å². The van der Waals surface area contributed by atoms with Crippen LogP contribution in [0, 0.1) is 10.1 Å². The zero-order chi connectivity index (χ0) is 20.1. The van der Waals surface area contributed by atoms with Crippen LogP contribution in [0.25, 0.3) is 0 Å². The van der Waals surface area contributed by atoms with Crippen molar-refractivity contribution in [1.82, 2.24) is 0 Å². The smallest absolute Gasteiger partial charge is 0.387 e. The maximum atomic E-state index is 12.4. The highest BCUT2D eigenvalue weighted by molar-refractivity contribution is 6.02. The second-order valence-electron chi connectivity index (χ2n) is 5.32. The molecular weight excluding hydrogens is 378 g/mol. The summed E-state index contributed by atoms with van der Waals surface area (Å²) in [6.07, 6.45) is 1.38. The molecule has 1 heterocycles. The fourth-order valence-electron chi connectivity index (χ4n) is 2.24. The van der Waals surface area contributed by atoms with Crippen LogP contribution in [0.15, 0.2) is 65.3 Å². The van der Waals surface area contributed by atoms with Crippen molar-refractivity contribution in [3.8, 4) is 17.2 Å². The van der Waals surface area contributed by atoms with Crippen LogP contribution < -0.4 is 14.8 Å². The summed E-state index contributed by atoms with van der Waals surface area (Å²) >= 11 is 0. The summed E-state index contributed by atoms with van der Waals surface area (Å²) in [7, 11) is 0. The molecule has 0 aliphatic rings. The van der Waals surface area contributed by atoms with Crippen molar-refractivity contribution in [2.24, 2.45) is 0 Å². The highest BCUT2D eigenvalue weighted by Crippen LogP contribution is 2.34. The first-order valence-electron chi connectivity index (χ1n) is 7.78. The Balaban J connectivity index is 1.71. The Morgan fingerprint density at radius 1 is 1.11 bits per heavy atom. The van der Waals surface area contributed by atoms with E-state index in [1.54, 1.807) is 18.2 Å². The SMILES string of the molecule is O=C(Nc1ccc(Oc2ccc([N+](=O)[O-])c(OC(F)F)c2)cc1)c1ccco1. The zero-order valence-electron chi connectivity index (χ0n) is 14.0. The topological polar surface area (TPSA) is 104 Å². The number of nitro benzene ring substituents is 1. The van der Waals surface area contributed by atoms with Crippen molar-refractivity contribution in [2.75, 3.05) is 5.32 Å². The summed E-state index contributed by atoms with van der Waals surface area (Å²) < 4.78 is 39.5. The van der Waals surface area contributed by atoms with Gasteiger partial charge in [-0.1, -0.05) is 0 Å². The van der Waals surface area contributed by atoms with Crippen LogP contribution in [-0.4, -0.2) is 17.4 Å². The van der Waals surface area contributed by atoms with E-state index in [-0.39, 0.29) is 11.5 Å². The van der Waals surface area contributed by atoms with E-state index in [0.717, 1.165) is 12.1 Å². The molecule has 1 amide bonds. The van der Waals surface area contributed by atoms with Gasteiger partial charge in [-0.15, -0.1) is 0 Å². The average Bonchev–Trinajstić information content (AvgIpc) is 3.17. The third-order valence-electron chi connectivity index (χ3n) is 3.44. The Kier molecular flexibility index (Phi) is 5.49. The van der Waals surface area contributed by atoms with E-state index in [2.05, 4.69) is 10.1 Å². The van der Waals surface area contributed by atoms with E-state index < -0.39 is 28.9 Å². The van der Waals surface area contributed by atoms with Crippen molar-refractivity contribution in [3.63, 3.8) is 0 Å². The number of halogens is 2. The lowest BCUT2D eigenvalue weighted by molar-refractivity contribution is -0.386. The summed E-state index contributed by atoms with van der Waals surface area (Å²) in [5.74, 6) is -0.512. The van der Waals surface area contributed by atoms with Gasteiger partial charge in [0.1, 0.15) is 11.5 Å². The number of carbonyl (C=O) groups excluding carboxylic acids is 1. The van der Waals surface area contributed by atoms with Gasteiger partial charge in [0.05, 0.1) is 11.2 Å². The summed E-state index contributed by atoms with van der Waals surface area (Å²) in [6.45, 7) is -3.22. The molecule has 0 atom stereocenters. The number of hydrogen-bond acceptors (Lipinski definition) is 6. The molecular formula is C18H12F2N2O6. The summed E-state index contributed by atoms with van der Waals surface area (Å²) in [4.78, 5) is 21.9. The number of furan rings is 1. The summed E-state index contributed by atoms with van der Waals surface area (Å²) in [6, 6.07) is 12.5. The van der Waals surface area contributed by atoms with Crippen LogP contribution in [-0.2, 0) is 0 Å². The second-order valence-corrected chi connectivity index (χ2v) is 5.32. The number of benzene rings is 2. The van der Waals surface area contributed by atoms with E-state index in [1.165, 1.54) is 30.5 Å². The Labute approximate surface area is 156 Å². The van der Waals surface area contributed by atoms with Gasteiger partial charge in [0.2, 0.25) is 5.75 Å². The minimum absolute atomic E-state index is 0.0635. The number of nitrogens with one attached hydrogen (secondary N) is 1. The Morgan fingerprint density at radius 3 is 2.43 bits per heavy atom. The molecule has 3 aromatic rings. The molecule has 144 valence electrons. The van der Waals surface area contributed by atoms with E-state index >= 15 is 0 Å². The summed E-state index contributed by atoms with van der Waals surface area (Å²) in [5.41, 5.74) is -0.136. The minimum atomic E-state index is -3.22. The van der Waals surface area contributed by atoms with E-state index in [4.69, 9.17) is 9.15 Å². The molecule has 8 nitrogen and oxygen atoms in total. The molecule has 2 aromatic carbocycles. The molecule has 0 saturated heterocycles. The largest absolute Gasteiger partial charge is 0.459 e. The van der Waals surface area contributed by atoms with E-state index in [9.17, 15) is 23.7 Å². The van der Waals surface area contributed by atoms with Gasteiger partial charge in [-0.3, -0.25) is 14.9 Å². The average molecular weight is 390 g/mol. The molecule has 0 bridgehead atoms. The summed E-state index contributed by atoms with van der Waals surface area (Å²) in [5, 5.41) is 13.5. The molecule has 0 aliphatic heterocycles. The van der Waals surface area contributed by atoms with Crippen molar-refractivity contribution >= 4 is 17.3 Å². The molecule has 3 rings (SSSR count). The maximum Gasteiger partial charge on any atom is 0.387 e. The third-order valence-corrected chi connectivity index (χ3v) is 3.44. The molecule has 0 fully saturated rings. The number of anilines is 1. The van der Waals surface area contributed by atoms with Gasteiger partial charge in [0, 0.05) is 17.8 Å². The molecule has 1 N–H and O–H groups in total. The van der Waals surface area contributed by atoms with Crippen LogP contribution in [0.4, 0.5) is 20.2 Å². The molecule has 0 unspecified atom stereocenters. The van der Waals surface area contributed by atoms with E-state index in [0.29, 0.717) is 11.4 Å². The molecule has 10 heteroatoms. The van der Waals surface area contributed by atoms with Crippen molar-refractivity contribution in [3.05, 3.63) is 76.7 Å². The highest BCUT2D eigenvalue weighted by atomic mass is 19.3. The lowest BCUT2D eigenvalue weighted by Crippen LogP contribution is -2.10. The van der Waals surface area contributed by atoms with Gasteiger partial charge in [-0.2, -0.15) is 8.78 Å². The fraction of sp³-hybridized carbons (Fsp3) is 0.0556. The first-order valence-corrected chi connectivity index (χ1v) is 7.78. The second kappa shape index (κ2) is 8.16. The van der Waals surface area contributed by atoms with Gasteiger partial charge in [0.25, 0.3) is 5.91 Å². The number of ether oxygens (including phenoxy) is 2. The van der Waals surface area contributed by atoms with Gasteiger partial charge in [0.15, 0.2) is 5.76 Å². The van der Waals surface area contributed by atoms with Crippen LogP contribution in [0.3, 0.4) is 0 Å². The van der Waals surface area contributed by atoms with Crippen molar-refractivity contribution < 1.29 is 32.4 Å². The van der Waals surface area contributed by atoms with Crippen molar-refractivity contribution in [2.45, 2.75) is 6.61 Å². The predicted molar refractivity (Wildman–Crippen MR) is 92.9 cm³/mol. The molecule has 0 saturated carbocycles.